The maximum absolute atomic E-state index is 11.7. The van der Waals surface area contributed by atoms with Gasteiger partial charge in [-0.1, -0.05) is 35.3 Å². The molecule has 0 aromatic heterocycles. The first kappa shape index (κ1) is 18.0. The lowest BCUT2D eigenvalue weighted by atomic mass is 10.1. The lowest BCUT2D eigenvalue weighted by molar-refractivity contribution is -0.137. The van der Waals surface area contributed by atoms with Gasteiger partial charge >= 0.3 is 5.97 Å². The van der Waals surface area contributed by atoms with E-state index in [0.29, 0.717) is 11.2 Å². The highest BCUT2D eigenvalue weighted by Crippen LogP contribution is 2.45. The maximum atomic E-state index is 11.7. The van der Waals surface area contributed by atoms with Crippen molar-refractivity contribution in [3.05, 3.63) is 39.9 Å². The number of thioether (sulfide) groups is 2. The van der Waals surface area contributed by atoms with Crippen LogP contribution in [0.25, 0.3) is 6.08 Å². The SMILES string of the molecule is CCCCOC(=O)/C=C/c1cc(Br)ccc1C1SCCCS1. The Balaban J connectivity index is 2.08. The number of hydrogen-bond acceptors (Lipinski definition) is 4. The minimum absolute atomic E-state index is 0.261. The molecule has 1 aromatic carbocycles. The standard InChI is InChI=1S/C17H21BrO2S2/c1-2-3-9-20-16(19)8-5-13-12-14(18)6-7-15(13)17-21-10-4-11-22-17/h5-8,12,17H,2-4,9-11H2,1H3/b8-5+. The zero-order valence-corrected chi connectivity index (χ0v) is 15.9. The molecule has 120 valence electrons. The first-order valence-corrected chi connectivity index (χ1v) is 10.5. The molecule has 2 nitrogen and oxygen atoms in total. The molecule has 1 fully saturated rings. The quantitative estimate of drug-likeness (QED) is 0.348. The van der Waals surface area contributed by atoms with Crippen molar-refractivity contribution in [3.8, 4) is 0 Å². The summed E-state index contributed by atoms with van der Waals surface area (Å²) in [6, 6.07) is 6.30. The smallest absolute Gasteiger partial charge is 0.330 e. The fourth-order valence-corrected chi connectivity index (χ4v) is 5.46. The molecule has 1 aromatic rings. The van der Waals surface area contributed by atoms with E-state index in [4.69, 9.17) is 4.74 Å². The molecule has 0 aliphatic carbocycles. The summed E-state index contributed by atoms with van der Waals surface area (Å²) in [5.41, 5.74) is 2.38. The van der Waals surface area contributed by atoms with Gasteiger partial charge < -0.3 is 4.74 Å². The number of carbonyl (C=O) groups is 1. The third-order valence-electron chi connectivity index (χ3n) is 3.27. The van der Waals surface area contributed by atoms with E-state index in [1.165, 1.54) is 23.5 Å². The number of rotatable bonds is 6. The van der Waals surface area contributed by atoms with E-state index in [-0.39, 0.29) is 5.97 Å². The van der Waals surface area contributed by atoms with Gasteiger partial charge in [0.05, 0.1) is 11.2 Å². The van der Waals surface area contributed by atoms with E-state index in [9.17, 15) is 4.79 Å². The Bertz CT molecular complexity index is 525. The van der Waals surface area contributed by atoms with Crippen LogP contribution in [-0.2, 0) is 9.53 Å². The summed E-state index contributed by atoms with van der Waals surface area (Å²) in [6.45, 7) is 2.58. The van der Waals surface area contributed by atoms with Crippen LogP contribution in [0.3, 0.4) is 0 Å². The van der Waals surface area contributed by atoms with Crippen molar-refractivity contribution in [3.63, 3.8) is 0 Å². The number of hydrogen-bond donors (Lipinski definition) is 0. The Morgan fingerprint density at radius 1 is 1.41 bits per heavy atom. The predicted octanol–water partition coefficient (Wildman–Crippen LogP) is 5.67. The molecule has 1 aliphatic heterocycles. The second kappa shape index (κ2) is 9.68. The third kappa shape index (κ3) is 5.67. The van der Waals surface area contributed by atoms with Crippen LogP contribution in [0.1, 0.15) is 41.9 Å². The molecule has 0 amide bonds. The largest absolute Gasteiger partial charge is 0.463 e. The minimum Gasteiger partial charge on any atom is -0.463 e. The summed E-state index contributed by atoms with van der Waals surface area (Å²) in [5, 5.41) is 0. The van der Waals surface area contributed by atoms with Crippen LogP contribution >= 0.6 is 39.5 Å². The molecule has 22 heavy (non-hydrogen) atoms. The number of halogens is 1. The van der Waals surface area contributed by atoms with Crippen LogP contribution in [0.4, 0.5) is 0 Å². The highest BCUT2D eigenvalue weighted by Gasteiger charge is 2.19. The summed E-state index contributed by atoms with van der Waals surface area (Å²) < 4.78 is 6.66. The summed E-state index contributed by atoms with van der Waals surface area (Å²) in [7, 11) is 0. The Hall–Kier alpha value is -0.390. The highest BCUT2D eigenvalue weighted by atomic mass is 79.9. The third-order valence-corrected chi connectivity index (χ3v) is 6.74. The first-order valence-electron chi connectivity index (χ1n) is 7.58. The monoisotopic (exact) mass is 400 g/mol. The van der Waals surface area contributed by atoms with Gasteiger partial charge in [-0.3, -0.25) is 0 Å². The van der Waals surface area contributed by atoms with E-state index in [2.05, 4.69) is 41.1 Å². The van der Waals surface area contributed by atoms with E-state index in [1.807, 2.05) is 29.6 Å². The van der Waals surface area contributed by atoms with Crippen LogP contribution in [-0.4, -0.2) is 24.1 Å². The van der Waals surface area contributed by atoms with Gasteiger partial charge in [0.15, 0.2) is 0 Å². The summed E-state index contributed by atoms with van der Waals surface area (Å²) >= 11 is 7.49. The number of benzene rings is 1. The predicted molar refractivity (Wildman–Crippen MR) is 101 cm³/mol. The molecular weight excluding hydrogens is 380 g/mol. The average molecular weight is 401 g/mol. The Morgan fingerprint density at radius 3 is 2.91 bits per heavy atom. The zero-order valence-electron chi connectivity index (χ0n) is 12.7. The zero-order chi connectivity index (χ0) is 15.8. The van der Waals surface area contributed by atoms with E-state index >= 15 is 0 Å². The van der Waals surface area contributed by atoms with Gasteiger partial charge in [0.2, 0.25) is 0 Å². The lowest BCUT2D eigenvalue weighted by Crippen LogP contribution is -2.03. The molecule has 0 radical (unpaired) electrons. The summed E-state index contributed by atoms with van der Waals surface area (Å²) in [4.78, 5) is 11.7. The second-order valence-corrected chi connectivity index (χ2v) is 8.69. The van der Waals surface area contributed by atoms with Crippen LogP contribution < -0.4 is 0 Å². The van der Waals surface area contributed by atoms with Crippen molar-refractivity contribution in [2.75, 3.05) is 18.1 Å². The molecule has 0 N–H and O–H groups in total. The van der Waals surface area contributed by atoms with Crippen molar-refractivity contribution < 1.29 is 9.53 Å². The normalized spacial score (nSPS) is 16.1. The van der Waals surface area contributed by atoms with Crippen molar-refractivity contribution in [1.29, 1.82) is 0 Å². The van der Waals surface area contributed by atoms with E-state index in [1.54, 1.807) is 6.08 Å². The molecule has 0 unspecified atom stereocenters. The number of esters is 1. The van der Waals surface area contributed by atoms with Gasteiger partial charge in [0, 0.05) is 10.5 Å². The fraction of sp³-hybridized carbons (Fsp3) is 0.471. The van der Waals surface area contributed by atoms with Gasteiger partial charge in [-0.25, -0.2) is 4.79 Å². The highest BCUT2D eigenvalue weighted by molar-refractivity contribution is 9.10. The number of carbonyl (C=O) groups excluding carboxylic acids is 1. The van der Waals surface area contributed by atoms with Crippen LogP contribution in [0.15, 0.2) is 28.7 Å². The molecule has 1 saturated heterocycles. The van der Waals surface area contributed by atoms with Crippen molar-refractivity contribution >= 4 is 51.5 Å². The molecule has 1 heterocycles. The molecular formula is C17H21BrO2S2. The molecule has 0 bridgehead atoms. The Labute approximate surface area is 149 Å². The second-order valence-electron chi connectivity index (χ2n) is 5.05. The minimum atomic E-state index is -0.261. The Kier molecular flexibility index (Phi) is 7.90. The maximum Gasteiger partial charge on any atom is 0.330 e. The summed E-state index contributed by atoms with van der Waals surface area (Å²) in [5.74, 6) is 2.15. The fourth-order valence-electron chi connectivity index (χ4n) is 2.09. The van der Waals surface area contributed by atoms with Gasteiger partial charge in [0.25, 0.3) is 0 Å². The Morgan fingerprint density at radius 2 is 2.18 bits per heavy atom. The topological polar surface area (TPSA) is 26.3 Å². The van der Waals surface area contributed by atoms with Crippen LogP contribution in [0.5, 0.6) is 0 Å². The number of ether oxygens (including phenoxy) is 1. The van der Waals surface area contributed by atoms with Gasteiger partial charge in [-0.05, 0) is 53.7 Å². The van der Waals surface area contributed by atoms with Crippen molar-refractivity contribution in [2.24, 2.45) is 0 Å². The van der Waals surface area contributed by atoms with Gasteiger partial charge in [-0.15, -0.1) is 23.5 Å². The molecule has 1 aliphatic rings. The molecule has 0 saturated carbocycles. The average Bonchev–Trinajstić information content (AvgIpc) is 2.54. The van der Waals surface area contributed by atoms with E-state index in [0.717, 1.165) is 22.9 Å². The lowest BCUT2D eigenvalue weighted by Gasteiger charge is -2.23. The van der Waals surface area contributed by atoms with Gasteiger partial charge in [-0.2, -0.15) is 0 Å². The summed E-state index contributed by atoms with van der Waals surface area (Å²) in [6.07, 6.45) is 6.64. The number of unbranched alkanes of at least 4 members (excludes halogenated alkanes) is 1. The molecule has 0 spiro atoms. The van der Waals surface area contributed by atoms with Crippen molar-refractivity contribution in [2.45, 2.75) is 30.8 Å². The first-order chi connectivity index (χ1) is 10.7. The van der Waals surface area contributed by atoms with Crippen molar-refractivity contribution in [1.82, 2.24) is 0 Å². The van der Waals surface area contributed by atoms with Crippen LogP contribution in [0, 0.1) is 0 Å². The molecule has 2 rings (SSSR count). The van der Waals surface area contributed by atoms with E-state index < -0.39 is 0 Å². The molecule has 0 atom stereocenters. The van der Waals surface area contributed by atoms with Crippen LogP contribution in [0.2, 0.25) is 0 Å². The molecule has 5 heteroatoms. The van der Waals surface area contributed by atoms with Gasteiger partial charge in [0.1, 0.15) is 0 Å².